The summed E-state index contributed by atoms with van der Waals surface area (Å²) in [5.74, 6) is 1.00. The van der Waals surface area contributed by atoms with Gasteiger partial charge in [0.15, 0.2) is 7.14 Å². The minimum absolute atomic E-state index is 0.175. The molecule has 0 bridgehead atoms. The van der Waals surface area contributed by atoms with E-state index in [1.807, 2.05) is 127 Å². The summed E-state index contributed by atoms with van der Waals surface area (Å²) < 4.78 is 18.1. The van der Waals surface area contributed by atoms with E-state index < -0.39 is 7.14 Å². The average Bonchev–Trinajstić information content (AvgIpc) is 3.40. The molecule has 0 aliphatic carbocycles. The summed E-state index contributed by atoms with van der Waals surface area (Å²) in [5, 5.41) is 27.4. The van der Waals surface area contributed by atoms with Crippen LogP contribution in [0.15, 0.2) is 219 Å². The summed E-state index contributed by atoms with van der Waals surface area (Å²) in [6.45, 7) is 21.2. The van der Waals surface area contributed by atoms with Gasteiger partial charge in [-0.15, -0.1) is 0 Å². The van der Waals surface area contributed by atoms with E-state index in [-0.39, 0.29) is 11.8 Å². The van der Waals surface area contributed by atoms with Gasteiger partial charge in [-0.3, -0.25) is 9.98 Å². The van der Waals surface area contributed by atoms with E-state index in [1.165, 1.54) is 41.4 Å². The van der Waals surface area contributed by atoms with Gasteiger partial charge in [0.05, 0.1) is 11.4 Å². The van der Waals surface area contributed by atoms with Crippen molar-refractivity contribution in [3.63, 3.8) is 0 Å². The Labute approximate surface area is 444 Å². The van der Waals surface area contributed by atoms with Crippen LogP contribution in [0.3, 0.4) is 0 Å². The number of hydrogen-bond donors (Lipinski definition) is 0. The first kappa shape index (κ1) is 56.5. The van der Waals surface area contributed by atoms with Crippen LogP contribution >= 0.6 is 7.14 Å². The van der Waals surface area contributed by atoms with E-state index in [0.717, 1.165) is 49.5 Å². The monoisotopic (exact) mass is 1050 g/mol. The molecule has 0 spiro atoms. The summed E-state index contributed by atoms with van der Waals surface area (Å²) in [5.41, 5.74) is 11.2. The fourth-order valence-corrected chi connectivity index (χ4v) is 11.7. The zero-order valence-electron chi connectivity index (χ0n) is 43.5. The maximum atomic E-state index is 13.8. The second-order valence-electron chi connectivity index (χ2n) is 18.7. The molecule has 0 aliphatic heterocycles. The first-order valence-corrected chi connectivity index (χ1v) is 27.5. The SMILES string of the molecule is CC(C)c1cccc(C(C)C)c1N=C([O-])c1ccccc1.CC(C)c1cccc(C(C)C)c1N=C([O-])c1ccccc1.Cc1cccc(C)c1[N]=[Zr+2].O=P(c1ccccc1)(c1ccccc1)c1ccccc1. The van der Waals surface area contributed by atoms with Crippen molar-refractivity contribution in [2.75, 3.05) is 0 Å². The third-order valence-corrected chi connectivity index (χ3v) is 15.7. The Morgan fingerprint density at radius 3 is 0.861 bits per heavy atom. The van der Waals surface area contributed by atoms with Crippen LogP contribution in [0.1, 0.15) is 124 Å². The second-order valence-corrected chi connectivity index (χ2v) is 22.0. The molecule has 8 aromatic carbocycles. The van der Waals surface area contributed by atoms with Gasteiger partial charge >= 0.3 is 76.3 Å². The first-order chi connectivity index (χ1) is 34.6. The zero-order valence-corrected chi connectivity index (χ0v) is 46.8. The molecule has 6 nitrogen and oxygen atoms in total. The molecule has 0 amide bonds. The van der Waals surface area contributed by atoms with Crippen molar-refractivity contribution in [2.45, 2.75) is 92.9 Å². The summed E-state index contributed by atoms with van der Waals surface area (Å²) in [4.78, 5) is 8.87. The van der Waals surface area contributed by atoms with Crippen molar-refractivity contribution in [3.8, 4) is 0 Å². The second kappa shape index (κ2) is 28.0. The summed E-state index contributed by atoms with van der Waals surface area (Å²) in [6, 6.07) is 66.2. The summed E-state index contributed by atoms with van der Waals surface area (Å²) >= 11 is 1.23. The Hall–Kier alpha value is -6.39. The van der Waals surface area contributed by atoms with Gasteiger partial charge in [0.2, 0.25) is 0 Å². The maximum absolute atomic E-state index is 13.8. The molecule has 366 valence electrons. The van der Waals surface area contributed by atoms with E-state index in [0.29, 0.717) is 34.8 Å². The molecule has 0 aromatic heterocycles. The van der Waals surface area contributed by atoms with Gasteiger partial charge in [0, 0.05) is 15.9 Å². The van der Waals surface area contributed by atoms with Crippen LogP contribution in [0, 0.1) is 13.8 Å². The normalized spacial score (nSPS) is 11.6. The molecule has 8 aromatic rings. The number of aryl methyl sites for hydroxylation is 2. The molecule has 8 heteroatoms. The molecule has 8 rings (SSSR count). The van der Waals surface area contributed by atoms with E-state index >= 15 is 0 Å². The van der Waals surface area contributed by atoms with Crippen molar-refractivity contribution < 1.29 is 39.3 Å². The van der Waals surface area contributed by atoms with Gasteiger partial charge in [-0.25, -0.2) is 0 Å². The molecule has 0 atom stereocenters. The van der Waals surface area contributed by atoms with E-state index in [9.17, 15) is 14.8 Å². The third kappa shape index (κ3) is 15.3. The van der Waals surface area contributed by atoms with Crippen LogP contribution in [0.5, 0.6) is 0 Å². The van der Waals surface area contributed by atoms with Crippen LogP contribution in [0.2, 0.25) is 0 Å². The number of rotatable bonds is 12. The standard InChI is InChI=1S/2C19H23NO.C18H15OP.C8H9N.Zr/c2*1-13(2)16-11-8-12-17(14(3)4)18(16)20-19(21)15-9-6-5-7-10-15;19-20(16-10-4-1-5-11-16,17-12-6-2-7-13-17)18-14-8-3-9-15-18;1-6-4-3-5-7(2)8(6)9;/h2*5-14H,1-4H3,(H,20,21);1-15H;3-5H,1-2H3;/q;;;;+2/p-2. The van der Waals surface area contributed by atoms with Crippen LogP contribution in [-0.2, 0) is 29.1 Å². The molecule has 0 N–H and O–H groups in total. The van der Waals surface area contributed by atoms with Crippen LogP contribution in [0.4, 0.5) is 17.1 Å². The van der Waals surface area contributed by atoms with Crippen LogP contribution < -0.4 is 26.1 Å². The Morgan fingerprint density at radius 2 is 0.625 bits per heavy atom. The van der Waals surface area contributed by atoms with E-state index in [1.54, 1.807) is 24.3 Å². The minimum Gasteiger partial charge on any atom is -0.309 e. The molecule has 0 saturated carbocycles. The van der Waals surface area contributed by atoms with Gasteiger partial charge < -0.3 is 14.8 Å². The quantitative estimate of drug-likeness (QED) is 0.0692. The molecule has 0 heterocycles. The Morgan fingerprint density at radius 1 is 0.375 bits per heavy atom. The van der Waals surface area contributed by atoms with Crippen LogP contribution in [0.25, 0.3) is 0 Å². The van der Waals surface area contributed by atoms with Crippen molar-refractivity contribution in [2.24, 2.45) is 12.9 Å². The van der Waals surface area contributed by atoms with E-state index in [4.69, 9.17) is 0 Å². The fraction of sp³-hybridized carbons (Fsp3) is 0.219. The Bertz CT molecular complexity index is 2760. The number of para-hydroxylation sites is 2. The smallest absolute Gasteiger partial charge is 0.171 e. The molecule has 0 saturated heterocycles. The molecule has 0 fully saturated rings. The van der Waals surface area contributed by atoms with Gasteiger partial charge in [-0.2, -0.15) is 0 Å². The predicted octanol–water partition coefficient (Wildman–Crippen LogP) is 14.7. The van der Waals surface area contributed by atoms with Crippen molar-refractivity contribution in [1.29, 1.82) is 0 Å². The molecular weight excluding hydrogens is 981 g/mol. The van der Waals surface area contributed by atoms with Gasteiger partial charge in [0.1, 0.15) is 0 Å². The first-order valence-electron chi connectivity index (χ1n) is 24.7. The summed E-state index contributed by atoms with van der Waals surface area (Å²) in [7, 11) is -2.78. The molecule has 0 aliphatic rings. The Balaban J connectivity index is 0.000000183. The predicted molar refractivity (Wildman–Crippen MR) is 298 cm³/mol. The number of aliphatic imine (C=N–C) groups is 2. The fourth-order valence-electron chi connectivity index (χ4n) is 8.12. The molecule has 0 unspecified atom stereocenters. The van der Waals surface area contributed by atoms with Crippen molar-refractivity contribution in [3.05, 3.63) is 251 Å². The number of benzene rings is 8. The molecule has 72 heavy (non-hydrogen) atoms. The summed E-state index contributed by atoms with van der Waals surface area (Å²) in [6.07, 6.45) is 0. The van der Waals surface area contributed by atoms with Gasteiger partial charge in [-0.05, 0) is 68.8 Å². The number of hydrogen-bond acceptors (Lipinski definition) is 6. The molecular formula is C64H68N3O3PZr. The van der Waals surface area contributed by atoms with Crippen molar-refractivity contribution >= 4 is 51.9 Å². The third-order valence-electron chi connectivity index (χ3n) is 12.1. The average molecular weight is 1050 g/mol. The Kier molecular flexibility index (Phi) is 22.0. The van der Waals surface area contributed by atoms with Crippen molar-refractivity contribution in [1.82, 2.24) is 0 Å². The van der Waals surface area contributed by atoms with E-state index in [2.05, 4.69) is 137 Å². The van der Waals surface area contributed by atoms with Gasteiger partial charge in [0.25, 0.3) is 0 Å². The minimum atomic E-state index is -2.78. The zero-order chi connectivity index (χ0) is 52.2. The maximum Gasteiger partial charge on any atom is 0.171 e. The number of nitrogens with zero attached hydrogens (tertiary/aromatic N) is 3. The largest absolute Gasteiger partial charge is 0.309 e. The van der Waals surface area contributed by atoms with Gasteiger partial charge in [-0.1, -0.05) is 243 Å². The molecule has 0 radical (unpaired) electrons. The van der Waals surface area contributed by atoms with Crippen LogP contribution in [-0.4, -0.2) is 11.8 Å². The topological polar surface area (TPSA) is 100 Å².